The number of fused-ring (bicyclic) bond motifs is 1. The van der Waals surface area contributed by atoms with Gasteiger partial charge in [0.05, 0.1) is 4.53 Å². The van der Waals surface area contributed by atoms with Crippen molar-refractivity contribution in [1.29, 1.82) is 0 Å². The Kier molecular flexibility index (Phi) is 4.61. The molecular formula is C19H15Cl2N3OS. The zero-order valence-electron chi connectivity index (χ0n) is 13.9. The summed E-state index contributed by atoms with van der Waals surface area (Å²) < 4.78 is 2.36. The Morgan fingerprint density at radius 3 is 2.65 bits per heavy atom. The molecule has 0 aliphatic carbocycles. The van der Waals surface area contributed by atoms with Crippen molar-refractivity contribution in [2.45, 2.75) is 13.6 Å². The third kappa shape index (κ3) is 3.30. The number of rotatable bonds is 2. The van der Waals surface area contributed by atoms with Gasteiger partial charge in [-0.3, -0.25) is 9.36 Å². The molecule has 0 bridgehead atoms. The number of aryl methyl sites for hydroxylation is 1. The highest BCUT2D eigenvalue weighted by atomic mass is 35.5. The van der Waals surface area contributed by atoms with Crippen LogP contribution in [0, 0.1) is 6.92 Å². The molecule has 0 unspecified atom stereocenters. The number of hydrogen-bond donors (Lipinski definition) is 0. The van der Waals surface area contributed by atoms with E-state index in [1.165, 1.54) is 11.3 Å². The van der Waals surface area contributed by atoms with Gasteiger partial charge in [0.25, 0.3) is 5.56 Å². The standard InChI is InChI=1S/C19H15Cl2N3OS/c1-12-2-7-15(9-16(12)21)23-10-22-19-24(11-23)18(25)17(26-19)8-13-3-5-14(20)6-4-13/h2-9H,10-11H2,1H3. The summed E-state index contributed by atoms with van der Waals surface area (Å²) >= 11 is 13.6. The van der Waals surface area contributed by atoms with Crippen LogP contribution in [-0.4, -0.2) is 11.2 Å². The summed E-state index contributed by atoms with van der Waals surface area (Å²) in [5.41, 5.74) is 2.88. The van der Waals surface area contributed by atoms with Gasteiger partial charge in [-0.05, 0) is 48.4 Å². The number of halogens is 2. The van der Waals surface area contributed by atoms with Crippen LogP contribution in [0.2, 0.25) is 10.0 Å². The minimum atomic E-state index is -0.0355. The number of hydrogen-bond acceptors (Lipinski definition) is 4. The molecule has 0 amide bonds. The maximum absolute atomic E-state index is 12.8. The van der Waals surface area contributed by atoms with Crippen molar-refractivity contribution < 1.29 is 0 Å². The van der Waals surface area contributed by atoms with Gasteiger partial charge in [0.2, 0.25) is 0 Å². The summed E-state index contributed by atoms with van der Waals surface area (Å²) in [7, 11) is 0. The number of benzene rings is 2. The zero-order chi connectivity index (χ0) is 18.3. The second kappa shape index (κ2) is 6.91. The van der Waals surface area contributed by atoms with Crippen LogP contribution < -0.4 is 19.8 Å². The van der Waals surface area contributed by atoms with Gasteiger partial charge in [-0.25, -0.2) is 4.99 Å². The highest BCUT2D eigenvalue weighted by molar-refractivity contribution is 7.07. The van der Waals surface area contributed by atoms with Crippen molar-refractivity contribution in [3.05, 3.63) is 83.3 Å². The molecule has 1 aromatic heterocycles. The Labute approximate surface area is 164 Å². The first kappa shape index (κ1) is 17.3. The monoisotopic (exact) mass is 403 g/mol. The lowest BCUT2D eigenvalue weighted by molar-refractivity contribution is 0.569. The molecule has 0 atom stereocenters. The molecule has 0 saturated carbocycles. The Balaban J connectivity index is 1.70. The van der Waals surface area contributed by atoms with E-state index < -0.39 is 0 Å². The van der Waals surface area contributed by atoms with Crippen LogP contribution in [0.25, 0.3) is 6.08 Å². The molecule has 0 fully saturated rings. The van der Waals surface area contributed by atoms with E-state index in [2.05, 4.69) is 4.99 Å². The van der Waals surface area contributed by atoms with Gasteiger partial charge >= 0.3 is 0 Å². The van der Waals surface area contributed by atoms with Gasteiger partial charge in [-0.2, -0.15) is 0 Å². The molecule has 2 heterocycles. The summed E-state index contributed by atoms with van der Waals surface area (Å²) in [6.45, 7) is 2.93. The van der Waals surface area contributed by atoms with E-state index in [4.69, 9.17) is 23.2 Å². The molecule has 0 saturated heterocycles. The third-order valence-electron chi connectivity index (χ3n) is 4.27. The Morgan fingerprint density at radius 1 is 1.15 bits per heavy atom. The lowest BCUT2D eigenvalue weighted by atomic mass is 10.2. The average Bonchev–Trinajstić information content (AvgIpc) is 2.95. The van der Waals surface area contributed by atoms with Gasteiger partial charge in [0, 0.05) is 15.7 Å². The first-order valence-electron chi connectivity index (χ1n) is 8.04. The molecule has 0 N–H and O–H groups in total. The maximum atomic E-state index is 12.8. The topological polar surface area (TPSA) is 37.6 Å². The largest absolute Gasteiger partial charge is 0.334 e. The number of anilines is 1. The lowest BCUT2D eigenvalue weighted by Gasteiger charge is -2.26. The zero-order valence-corrected chi connectivity index (χ0v) is 16.3. The van der Waals surface area contributed by atoms with Crippen LogP contribution in [0.5, 0.6) is 0 Å². The summed E-state index contributed by atoms with van der Waals surface area (Å²) in [6, 6.07) is 13.3. The fourth-order valence-corrected chi connectivity index (χ4v) is 4.03. The molecule has 132 valence electrons. The van der Waals surface area contributed by atoms with Crippen molar-refractivity contribution in [3.63, 3.8) is 0 Å². The second-order valence-corrected chi connectivity index (χ2v) is 7.94. The first-order valence-corrected chi connectivity index (χ1v) is 9.61. The van der Waals surface area contributed by atoms with Gasteiger partial charge in [-0.1, -0.05) is 52.7 Å². The lowest BCUT2D eigenvalue weighted by Crippen LogP contribution is -2.42. The van der Waals surface area contributed by atoms with Crippen LogP contribution in [0.1, 0.15) is 11.1 Å². The number of nitrogens with zero attached hydrogens (tertiary/aromatic N) is 3. The van der Waals surface area contributed by atoms with Crippen molar-refractivity contribution in [3.8, 4) is 0 Å². The predicted molar refractivity (Wildman–Crippen MR) is 108 cm³/mol. The van der Waals surface area contributed by atoms with E-state index >= 15 is 0 Å². The number of aromatic nitrogens is 1. The van der Waals surface area contributed by atoms with E-state index in [9.17, 15) is 4.79 Å². The fraction of sp³-hybridized carbons (Fsp3) is 0.158. The molecule has 0 radical (unpaired) electrons. The van der Waals surface area contributed by atoms with E-state index in [-0.39, 0.29) is 5.56 Å². The second-order valence-electron chi connectivity index (χ2n) is 6.09. The van der Waals surface area contributed by atoms with Crippen LogP contribution in [-0.2, 0) is 6.67 Å². The van der Waals surface area contributed by atoms with E-state index in [1.54, 1.807) is 4.57 Å². The van der Waals surface area contributed by atoms with Crippen LogP contribution >= 0.6 is 34.5 Å². The number of thiazole rings is 1. The van der Waals surface area contributed by atoms with Crippen LogP contribution in [0.4, 0.5) is 5.69 Å². The summed E-state index contributed by atoms with van der Waals surface area (Å²) in [5.74, 6) is 0. The molecule has 7 heteroatoms. The average molecular weight is 404 g/mol. The quantitative estimate of drug-likeness (QED) is 0.657. The molecule has 26 heavy (non-hydrogen) atoms. The molecular weight excluding hydrogens is 389 g/mol. The normalized spacial score (nSPS) is 14.3. The van der Waals surface area contributed by atoms with Gasteiger partial charge in [0.15, 0.2) is 4.80 Å². The highest BCUT2D eigenvalue weighted by Crippen LogP contribution is 2.23. The van der Waals surface area contributed by atoms with Crippen molar-refractivity contribution in [2.75, 3.05) is 11.6 Å². The minimum Gasteiger partial charge on any atom is -0.334 e. The summed E-state index contributed by atoms with van der Waals surface area (Å²) in [4.78, 5) is 20.1. The van der Waals surface area contributed by atoms with Crippen molar-refractivity contribution in [2.24, 2.45) is 4.99 Å². The minimum absolute atomic E-state index is 0.0355. The van der Waals surface area contributed by atoms with E-state index in [0.29, 0.717) is 27.9 Å². The Bertz CT molecular complexity index is 1150. The predicted octanol–water partition coefficient (Wildman–Crippen LogP) is 3.41. The fourth-order valence-electron chi connectivity index (χ4n) is 2.76. The first-order chi connectivity index (χ1) is 12.5. The molecule has 1 aliphatic rings. The van der Waals surface area contributed by atoms with Crippen LogP contribution in [0.15, 0.2) is 52.3 Å². The molecule has 3 aromatic rings. The highest BCUT2D eigenvalue weighted by Gasteiger charge is 2.16. The van der Waals surface area contributed by atoms with Crippen molar-refractivity contribution >= 4 is 46.3 Å². The Morgan fingerprint density at radius 2 is 1.92 bits per heavy atom. The summed E-state index contributed by atoms with van der Waals surface area (Å²) in [5, 5.41) is 1.38. The van der Waals surface area contributed by atoms with Crippen molar-refractivity contribution in [1.82, 2.24) is 4.57 Å². The van der Waals surface area contributed by atoms with Gasteiger partial charge < -0.3 is 4.90 Å². The van der Waals surface area contributed by atoms with E-state index in [1.807, 2.05) is 60.4 Å². The summed E-state index contributed by atoms with van der Waals surface area (Å²) in [6.07, 6.45) is 1.87. The molecule has 0 spiro atoms. The Hall–Kier alpha value is -2.08. The van der Waals surface area contributed by atoms with Crippen LogP contribution in [0.3, 0.4) is 0 Å². The maximum Gasteiger partial charge on any atom is 0.271 e. The van der Waals surface area contributed by atoms with Gasteiger partial charge in [-0.15, -0.1) is 0 Å². The van der Waals surface area contributed by atoms with Gasteiger partial charge in [0.1, 0.15) is 13.3 Å². The molecule has 2 aromatic carbocycles. The molecule has 4 nitrogen and oxygen atoms in total. The molecule has 4 rings (SSSR count). The third-order valence-corrected chi connectivity index (χ3v) is 5.97. The molecule has 1 aliphatic heterocycles. The van der Waals surface area contributed by atoms with E-state index in [0.717, 1.165) is 21.6 Å². The SMILES string of the molecule is Cc1ccc(N2CN=c3sc(=Cc4ccc(Cl)cc4)c(=O)n3C2)cc1Cl. The smallest absolute Gasteiger partial charge is 0.271 e.